The van der Waals surface area contributed by atoms with Crippen LogP contribution in [0.2, 0.25) is 0 Å². The van der Waals surface area contributed by atoms with Crippen LogP contribution in [0.5, 0.6) is 0 Å². The third-order valence-corrected chi connectivity index (χ3v) is 1.83. The van der Waals surface area contributed by atoms with Crippen LogP contribution >= 0.6 is 0 Å². The minimum Gasteiger partial charge on any atom is -0.328 e. The maximum atomic E-state index is 11.1. The highest BCUT2D eigenvalue weighted by molar-refractivity contribution is 5.88. The van der Waals surface area contributed by atoms with Gasteiger partial charge in [-0.2, -0.15) is 5.26 Å². The Morgan fingerprint density at radius 1 is 1.24 bits per heavy atom. The van der Waals surface area contributed by atoms with Crippen molar-refractivity contribution in [2.45, 2.75) is 0 Å². The van der Waals surface area contributed by atoms with E-state index in [1.165, 1.54) is 18.4 Å². The lowest BCUT2D eigenvalue weighted by Crippen LogP contribution is -2.12. The second-order valence-corrected chi connectivity index (χ2v) is 3.10. The first-order valence-electron chi connectivity index (χ1n) is 5.08. The van der Waals surface area contributed by atoms with E-state index < -0.39 is 0 Å². The summed E-state index contributed by atoms with van der Waals surface area (Å²) in [6, 6.07) is 11.6. The zero-order chi connectivity index (χ0) is 12.3. The van der Waals surface area contributed by atoms with Gasteiger partial charge in [-0.1, -0.05) is 48.6 Å². The number of amides is 1. The zero-order valence-corrected chi connectivity index (χ0v) is 9.21. The number of hydrogen-bond donors (Lipinski definition) is 1. The first-order valence-corrected chi connectivity index (χ1v) is 5.08. The molecule has 3 nitrogen and oxygen atoms in total. The van der Waals surface area contributed by atoms with Gasteiger partial charge < -0.3 is 5.32 Å². The molecule has 0 heterocycles. The second kappa shape index (κ2) is 7.66. The van der Waals surface area contributed by atoms with Crippen molar-refractivity contribution in [2.75, 3.05) is 0 Å². The van der Waals surface area contributed by atoms with Gasteiger partial charge in [-0.3, -0.25) is 4.79 Å². The minimum absolute atomic E-state index is 0.269. The van der Waals surface area contributed by atoms with Crippen LogP contribution < -0.4 is 5.32 Å². The van der Waals surface area contributed by atoms with Crippen LogP contribution in [0.1, 0.15) is 5.56 Å². The fourth-order valence-electron chi connectivity index (χ4n) is 1.08. The number of carbonyl (C=O) groups excluding carboxylic acids is 1. The number of nitrogens with zero attached hydrogens (tertiary/aromatic N) is 1. The molecular formula is C14H12N2O. The molecule has 1 rings (SSSR count). The van der Waals surface area contributed by atoms with E-state index in [0.717, 1.165) is 5.56 Å². The summed E-state index contributed by atoms with van der Waals surface area (Å²) in [6.45, 7) is 0. The number of nitrogens with one attached hydrogen (secondary N) is 1. The third-order valence-electron chi connectivity index (χ3n) is 1.83. The average Bonchev–Trinajstić information content (AvgIpc) is 2.36. The van der Waals surface area contributed by atoms with Gasteiger partial charge in [0, 0.05) is 18.4 Å². The number of rotatable bonds is 4. The van der Waals surface area contributed by atoms with Crippen molar-refractivity contribution in [3.63, 3.8) is 0 Å². The van der Waals surface area contributed by atoms with E-state index in [-0.39, 0.29) is 5.91 Å². The number of nitriles is 1. The molecule has 0 bridgehead atoms. The zero-order valence-electron chi connectivity index (χ0n) is 9.21. The predicted octanol–water partition coefficient (Wildman–Crippen LogP) is 2.41. The quantitative estimate of drug-likeness (QED) is 0.485. The Morgan fingerprint density at radius 2 is 2.00 bits per heavy atom. The Bertz CT molecular complexity index is 479. The van der Waals surface area contributed by atoms with Gasteiger partial charge in [0.1, 0.15) is 0 Å². The first-order chi connectivity index (χ1) is 8.33. The number of benzene rings is 1. The van der Waals surface area contributed by atoms with Gasteiger partial charge in [0.15, 0.2) is 0 Å². The first kappa shape index (κ1) is 12.5. The SMILES string of the molecule is N#CC=CNC(=O)C=CC=Cc1ccccc1. The van der Waals surface area contributed by atoms with Gasteiger partial charge in [0.2, 0.25) is 5.91 Å². The molecule has 0 unspecified atom stereocenters. The molecule has 0 aliphatic heterocycles. The van der Waals surface area contributed by atoms with Crippen LogP contribution in [0.4, 0.5) is 0 Å². The van der Waals surface area contributed by atoms with Gasteiger partial charge in [0.05, 0.1) is 6.07 Å². The van der Waals surface area contributed by atoms with Crippen LogP contribution in [-0.2, 0) is 4.79 Å². The summed E-state index contributed by atoms with van der Waals surface area (Å²) in [7, 11) is 0. The molecule has 1 amide bonds. The largest absolute Gasteiger partial charge is 0.328 e. The Morgan fingerprint density at radius 3 is 2.71 bits per heavy atom. The second-order valence-electron chi connectivity index (χ2n) is 3.10. The Kier molecular flexibility index (Phi) is 5.62. The van der Waals surface area contributed by atoms with E-state index in [1.54, 1.807) is 18.2 Å². The standard InChI is InChI=1S/C14H12N2O/c15-11-6-12-16-14(17)10-5-4-9-13-7-2-1-3-8-13/h1-10,12H,(H,16,17). The molecule has 0 radical (unpaired) electrons. The monoisotopic (exact) mass is 224 g/mol. The Labute approximate surface area is 100 Å². The van der Waals surface area contributed by atoms with E-state index in [2.05, 4.69) is 5.32 Å². The van der Waals surface area contributed by atoms with Crippen molar-refractivity contribution in [2.24, 2.45) is 0 Å². The summed E-state index contributed by atoms with van der Waals surface area (Å²) < 4.78 is 0. The third kappa shape index (κ3) is 5.75. The Hall–Kier alpha value is -2.60. The predicted molar refractivity (Wildman–Crippen MR) is 67.5 cm³/mol. The van der Waals surface area contributed by atoms with Crippen molar-refractivity contribution >= 4 is 12.0 Å². The van der Waals surface area contributed by atoms with Crippen molar-refractivity contribution in [1.29, 1.82) is 5.26 Å². The molecule has 0 fully saturated rings. The van der Waals surface area contributed by atoms with Crippen LogP contribution in [0, 0.1) is 11.3 Å². The number of allylic oxidation sites excluding steroid dienone is 3. The maximum Gasteiger partial charge on any atom is 0.247 e. The maximum absolute atomic E-state index is 11.1. The highest BCUT2D eigenvalue weighted by atomic mass is 16.1. The Balaban J connectivity index is 2.40. The lowest BCUT2D eigenvalue weighted by atomic mass is 10.2. The molecule has 0 aliphatic carbocycles. The molecule has 0 aliphatic rings. The number of carbonyl (C=O) groups is 1. The van der Waals surface area contributed by atoms with E-state index in [0.29, 0.717) is 0 Å². The molecule has 0 saturated heterocycles. The lowest BCUT2D eigenvalue weighted by molar-refractivity contribution is -0.115. The fourth-order valence-corrected chi connectivity index (χ4v) is 1.08. The van der Waals surface area contributed by atoms with E-state index >= 15 is 0 Å². The molecule has 0 saturated carbocycles. The molecule has 1 aromatic rings. The van der Waals surface area contributed by atoms with Gasteiger partial charge in [0.25, 0.3) is 0 Å². The van der Waals surface area contributed by atoms with Gasteiger partial charge in [-0.25, -0.2) is 0 Å². The van der Waals surface area contributed by atoms with Crippen LogP contribution in [0.3, 0.4) is 0 Å². The molecule has 1 aromatic carbocycles. The van der Waals surface area contributed by atoms with Crippen molar-refractivity contribution < 1.29 is 4.79 Å². The summed E-state index contributed by atoms with van der Waals surface area (Å²) in [6.07, 6.45) is 9.21. The molecule has 0 aromatic heterocycles. The molecule has 17 heavy (non-hydrogen) atoms. The van der Waals surface area contributed by atoms with Gasteiger partial charge in [-0.05, 0) is 5.56 Å². The van der Waals surface area contributed by atoms with Crippen molar-refractivity contribution in [3.05, 3.63) is 66.4 Å². The van der Waals surface area contributed by atoms with Crippen LogP contribution in [0.15, 0.2) is 60.8 Å². The summed E-state index contributed by atoms with van der Waals surface area (Å²) in [5.41, 5.74) is 1.07. The van der Waals surface area contributed by atoms with Crippen LogP contribution in [0.25, 0.3) is 6.08 Å². The minimum atomic E-state index is -0.269. The summed E-state index contributed by atoms with van der Waals surface area (Å²) in [5.74, 6) is -0.269. The van der Waals surface area contributed by atoms with E-state index in [4.69, 9.17) is 5.26 Å². The van der Waals surface area contributed by atoms with Crippen LogP contribution in [-0.4, -0.2) is 5.91 Å². The molecule has 0 atom stereocenters. The smallest absolute Gasteiger partial charge is 0.247 e. The van der Waals surface area contributed by atoms with Gasteiger partial charge >= 0.3 is 0 Å². The topological polar surface area (TPSA) is 52.9 Å². The molecule has 84 valence electrons. The average molecular weight is 224 g/mol. The fraction of sp³-hybridized carbons (Fsp3) is 0. The highest BCUT2D eigenvalue weighted by Crippen LogP contribution is 2.00. The molecule has 3 heteroatoms. The van der Waals surface area contributed by atoms with Gasteiger partial charge in [-0.15, -0.1) is 0 Å². The summed E-state index contributed by atoms with van der Waals surface area (Å²) >= 11 is 0. The highest BCUT2D eigenvalue weighted by Gasteiger charge is 1.87. The summed E-state index contributed by atoms with van der Waals surface area (Å²) in [5, 5.41) is 10.6. The summed E-state index contributed by atoms with van der Waals surface area (Å²) in [4.78, 5) is 11.1. The normalized spacial score (nSPS) is 11.0. The van der Waals surface area contributed by atoms with Crippen molar-refractivity contribution in [3.8, 4) is 6.07 Å². The molecular weight excluding hydrogens is 212 g/mol. The molecule has 1 N–H and O–H groups in total. The van der Waals surface area contributed by atoms with E-state index in [9.17, 15) is 4.79 Å². The lowest BCUT2D eigenvalue weighted by Gasteiger charge is -1.90. The molecule has 0 spiro atoms. The van der Waals surface area contributed by atoms with Crippen molar-refractivity contribution in [1.82, 2.24) is 5.32 Å². The van der Waals surface area contributed by atoms with E-state index in [1.807, 2.05) is 36.4 Å². The number of hydrogen-bond acceptors (Lipinski definition) is 2.